The quantitative estimate of drug-likeness (QED) is 0.178. The molecule has 0 spiro atoms. The van der Waals surface area contributed by atoms with Crippen molar-refractivity contribution in [2.75, 3.05) is 11.4 Å². The molecule has 3 aromatic carbocycles. The van der Waals surface area contributed by atoms with Crippen molar-refractivity contribution in [3.63, 3.8) is 0 Å². The molecule has 3 heterocycles. The Balaban J connectivity index is 1.52. The maximum Gasteiger partial charge on any atom is 0.269 e. The standard InChI is InChI=1S/C37H36N3OS2/c1-4-24-40-34(42-32(37(40)41)22-21-27-23-25-38(5-2)31-20-14-13-19-30(27)31)26-33-39(6-3)35(28-15-9-7-10-16-28)36(43-33)29-17-11-8-12-18-29/h7-23,25-26H,4-6,24H2,1-3H3/q+1/b27-21+,32-22+. The number of nitrogens with zero attached hydrogens (tertiary/aromatic N) is 3. The van der Waals surface area contributed by atoms with Crippen LogP contribution in [0.1, 0.15) is 37.8 Å². The third-order valence-corrected chi connectivity index (χ3v) is 9.96. The molecule has 0 radical (unpaired) electrons. The number of hydrogen-bond acceptors (Lipinski definition) is 4. The third kappa shape index (κ3) is 5.73. The Morgan fingerprint density at radius 1 is 0.814 bits per heavy atom. The molecule has 6 rings (SSSR count). The molecular weight excluding hydrogens is 567 g/mol. The summed E-state index contributed by atoms with van der Waals surface area (Å²) in [6.45, 7) is 8.90. The maximum atomic E-state index is 13.7. The molecule has 0 aliphatic carbocycles. The van der Waals surface area contributed by atoms with E-state index in [9.17, 15) is 4.79 Å². The highest BCUT2D eigenvalue weighted by atomic mass is 32.1. The van der Waals surface area contributed by atoms with Gasteiger partial charge in [-0.25, -0.2) is 0 Å². The summed E-state index contributed by atoms with van der Waals surface area (Å²) < 4.78 is 6.07. The fourth-order valence-corrected chi connectivity index (χ4v) is 8.00. The van der Waals surface area contributed by atoms with Gasteiger partial charge in [0.05, 0.1) is 10.6 Å². The first-order chi connectivity index (χ1) is 21.1. The normalized spacial score (nSPS) is 14.6. The molecule has 5 aromatic rings. The lowest BCUT2D eigenvalue weighted by atomic mass is 9.99. The summed E-state index contributed by atoms with van der Waals surface area (Å²) in [5, 5.41) is 1.14. The first-order valence-electron chi connectivity index (χ1n) is 15.0. The molecule has 43 heavy (non-hydrogen) atoms. The second kappa shape index (κ2) is 12.9. The molecule has 0 atom stereocenters. The molecule has 0 saturated heterocycles. The Morgan fingerprint density at radius 2 is 1.51 bits per heavy atom. The van der Waals surface area contributed by atoms with Crippen molar-refractivity contribution in [1.82, 2.24) is 4.57 Å². The zero-order chi connectivity index (χ0) is 29.8. The second-order valence-corrected chi connectivity index (χ2v) is 12.5. The van der Waals surface area contributed by atoms with Crippen LogP contribution in [0.3, 0.4) is 0 Å². The number of anilines is 1. The predicted molar refractivity (Wildman–Crippen MR) is 184 cm³/mol. The number of allylic oxidation sites excluding steroid dienone is 3. The molecule has 0 saturated carbocycles. The third-order valence-electron chi connectivity index (χ3n) is 7.70. The van der Waals surface area contributed by atoms with Crippen LogP contribution in [-0.4, -0.2) is 11.1 Å². The Morgan fingerprint density at radius 3 is 2.21 bits per heavy atom. The highest BCUT2D eigenvalue weighted by Crippen LogP contribution is 2.36. The lowest BCUT2D eigenvalue weighted by Gasteiger charge is -2.26. The van der Waals surface area contributed by atoms with E-state index in [2.05, 4.69) is 140 Å². The Labute approximate surface area is 261 Å². The number of rotatable bonds is 8. The Bertz CT molecular complexity index is 1980. The Kier molecular flexibility index (Phi) is 8.68. The van der Waals surface area contributed by atoms with Crippen LogP contribution >= 0.6 is 22.7 Å². The second-order valence-electron chi connectivity index (χ2n) is 10.4. The zero-order valence-corrected chi connectivity index (χ0v) is 26.5. The van der Waals surface area contributed by atoms with E-state index in [0.29, 0.717) is 6.54 Å². The molecule has 0 amide bonds. The molecule has 1 aliphatic rings. The van der Waals surface area contributed by atoms with E-state index >= 15 is 0 Å². The van der Waals surface area contributed by atoms with Crippen LogP contribution in [0.5, 0.6) is 0 Å². The van der Waals surface area contributed by atoms with E-state index in [4.69, 9.17) is 0 Å². The van der Waals surface area contributed by atoms with Gasteiger partial charge in [0.25, 0.3) is 10.6 Å². The minimum absolute atomic E-state index is 0.0735. The smallest absolute Gasteiger partial charge is 0.269 e. The molecular formula is C37H36N3OS2+. The van der Waals surface area contributed by atoms with Gasteiger partial charge < -0.3 is 4.90 Å². The summed E-state index contributed by atoms with van der Waals surface area (Å²) in [5.74, 6) is 0. The lowest BCUT2D eigenvalue weighted by Crippen LogP contribution is -2.37. The van der Waals surface area contributed by atoms with E-state index in [1.165, 1.54) is 32.9 Å². The largest absolute Gasteiger partial charge is 0.348 e. The van der Waals surface area contributed by atoms with Gasteiger partial charge in [-0.15, -0.1) is 11.3 Å². The minimum atomic E-state index is 0.0735. The maximum absolute atomic E-state index is 13.7. The minimum Gasteiger partial charge on any atom is -0.348 e. The predicted octanol–water partition coefficient (Wildman–Crippen LogP) is 7.07. The van der Waals surface area contributed by atoms with Crippen LogP contribution in [0.25, 0.3) is 39.4 Å². The van der Waals surface area contributed by atoms with E-state index in [-0.39, 0.29) is 5.56 Å². The van der Waals surface area contributed by atoms with Gasteiger partial charge in [0.2, 0.25) is 5.69 Å². The molecule has 0 fully saturated rings. The highest BCUT2D eigenvalue weighted by Gasteiger charge is 2.27. The number of benzene rings is 3. The van der Waals surface area contributed by atoms with E-state index in [1.54, 1.807) is 22.7 Å². The highest BCUT2D eigenvalue weighted by molar-refractivity contribution is 7.16. The SMILES string of the molecule is CCCn1c(=O)/c(=C\C=C2/C=CN(CC)c3ccccc32)s/c1=C\c1sc(-c2ccccc2)c(-c2ccccc2)[n+]1CC. The average Bonchev–Trinajstić information content (AvgIpc) is 3.57. The summed E-state index contributed by atoms with van der Waals surface area (Å²) in [6.07, 6.45) is 11.5. The first kappa shape index (κ1) is 28.8. The number of aromatic nitrogens is 2. The molecule has 2 aromatic heterocycles. The van der Waals surface area contributed by atoms with Gasteiger partial charge in [0.15, 0.2) is 0 Å². The summed E-state index contributed by atoms with van der Waals surface area (Å²) >= 11 is 3.36. The van der Waals surface area contributed by atoms with Crippen molar-refractivity contribution >= 4 is 46.1 Å². The van der Waals surface area contributed by atoms with Gasteiger partial charge in [-0.05, 0) is 61.8 Å². The summed E-state index contributed by atoms with van der Waals surface area (Å²) in [4.78, 5) is 17.2. The van der Waals surface area contributed by atoms with Gasteiger partial charge in [-0.2, -0.15) is 4.57 Å². The molecule has 1 aliphatic heterocycles. The number of fused-ring (bicyclic) bond motifs is 1. The van der Waals surface area contributed by atoms with Gasteiger partial charge in [-0.3, -0.25) is 9.36 Å². The van der Waals surface area contributed by atoms with Crippen molar-refractivity contribution in [3.05, 3.63) is 133 Å². The van der Waals surface area contributed by atoms with E-state index in [1.807, 2.05) is 10.6 Å². The first-order valence-corrected chi connectivity index (χ1v) is 16.6. The van der Waals surface area contributed by atoms with Crippen molar-refractivity contribution < 1.29 is 4.57 Å². The number of para-hydroxylation sites is 1. The summed E-state index contributed by atoms with van der Waals surface area (Å²) in [7, 11) is 0. The number of thiazole rings is 2. The topological polar surface area (TPSA) is 29.1 Å². The van der Waals surface area contributed by atoms with Crippen LogP contribution in [0.15, 0.2) is 108 Å². The van der Waals surface area contributed by atoms with Crippen LogP contribution < -0.4 is 24.2 Å². The Hall–Kier alpha value is -4.26. The van der Waals surface area contributed by atoms with Crippen molar-refractivity contribution in [2.45, 2.75) is 40.3 Å². The van der Waals surface area contributed by atoms with Crippen LogP contribution in [-0.2, 0) is 13.1 Å². The fourth-order valence-electron chi connectivity index (χ4n) is 5.62. The van der Waals surface area contributed by atoms with Crippen LogP contribution in [0.2, 0.25) is 0 Å². The molecule has 216 valence electrons. The molecule has 4 nitrogen and oxygen atoms in total. The van der Waals surface area contributed by atoms with Gasteiger partial charge in [-0.1, -0.05) is 91.1 Å². The summed E-state index contributed by atoms with van der Waals surface area (Å²) in [5.41, 5.74) is 7.18. The van der Waals surface area contributed by atoms with E-state index < -0.39 is 0 Å². The van der Waals surface area contributed by atoms with Crippen molar-refractivity contribution in [1.29, 1.82) is 0 Å². The average molecular weight is 603 g/mol. The molecule has 0 unspecified atom stereocenters. The van der Waals surface area contributed by atoms with Gasteiger partial charge in [0, 0.05) is 36.1 Å². The molecule has 6 heteroatoms. The fraction of sp³-hybridized carbons (Fsp3) is 0.189. The van der Waals surface area contributed by atoms with Crippen LogP contribution in [0, 0.1) is 0 Å². The van der Waals surface area contributed by atoms with Crippen LogP contribution in [0.4, 0.5) is 5.69 Å². The van der Waals surface area contributed by atoms with Gasteiger partial charge >= 0.3 is 0 Å². The van der Waals surface area contributed by atoms with Crippen molar-refractivity contribution in [3.8, 4) is 21.7 Å². The molecule has 0 N–H and O–H groups in total. The van der Waals surface area contributed by atoms with Gasteiger partial charge in [0.1, 0.15) is 16.1 Å². The lowest BCUT2D eigenvalue weighted by molar-refractivity contribution is -0.679. The zero-order valence-electron chi connectivity index (χ0n) is 24.9. The van der Waals surface area contributed by atoms with Crippen molar-refractivity contribution in [2.24, 2.45) is 0 Å². The molecule has 0 bridgehead atoms. The monoisotopic (exact) mass is 602 g/mol. The number of hydrogen-bond donors (Lipinski definition) is 0. The summed E-state index contributed by atoms with van der Waals surface area (Å²) in [6, 6.07) is 29.7. The van der Waals surface area contributed by atoms with E-state index in [0.717, 1.165) is 39.3 Å².